The lowest BCUT2D eigenvalue weighted by atomic mass is 9.98. The van der Waals surface area contributed by atoms with Crippen LogP contribution in [-0.2, 0) is 9.53 Å². The van der Waals surface area contributed by atoms with Gasteiger partial charge in [0, 0.05) is 24.8 Å². The largest absolute Gasteiger partial charge is 0.466 e. The molecule has 0 bridgehead atoms. The number of rotatable bonds is 5. The first-order valence-corrected chi connectivity index (χ1v) is 9.93. The topological polar surface area (TPSA) is 81.4 Å². The number of hydrogen-bond donors (Lipinski definition) is 0. The summed E-state index contributed by atoms with van der Waals surface area (Å²) in [5, 5.41) is 8.46. The summed E-state index contributed by atoms with van der Waals surface area (Å²) in [7, 11) is 0. The predicted molar refractivity (Wildman–Crippen MR) is 109 cm³/mol. The van der Waals surface area contributed by atoms with E-state index in [1.54, 1.807) is 6.20 Å². The first kappa shape index (κ1) is 19.1. The summed E-state index contributed by atoms with van der Waals surface area (Å²) in [6.45, 7) is 5.65. The Morgan fingerprint density at radius 2 is 2.00 bits per heavy atom. The summed E-state index contributed by atoms with van der Waals surface area (Å²) in [4.78, 5) is 18.9. The summed E-state index contributed by atoms with van der Waals surface area (Å²) in [5.41, 5.74) is 2.81. The molecule has 3 heterocycles. The van der Waals surface area contributed by atoms with E-state index in [1.807, 2.05) is 50.2 Å². The number of pyridine rings is 1. The monoisotopic (exact) mass is 392 g/mol. The predicted octanol–water partition coefficient (Wildman–Crippen LogP) is 3.89. The number of nitrogens with zero attached hydrogens (tertiary/aromatic N) is 4. The van der Waals surface area contributed by atoms with E-state index in [0.717, 1.165) is 36.3 Å². The number of ether oxygens (including phenoxy) is 1. The molecule has 1 aliphatic rings. The van der Waals surface area contributed by atoms with Crippen molar-refractivity contribution >= 4 is 11.8 Å². The van der Waals surface area contributed by atoms with E-state index in [2.05, 4.69) is 20.1 Å². The zero-order valence-electron chi connectivity index (χ0n) is 16.7. The second kappa shape index (κ2) is 8.43. The molecule has 1 fully saturated rings. The summed E-state index contributed by atoms with van der Waals surface area (Å²) >= 11 is 0. The summed E-state index contributed by atoms with van der Waals surface area (Å²) in [6, 6.07) is 11.7. The van der Waals surface area contributed by atoms with Gasteiger partial charge in [0.2, 0.25) is 5.89 Å². The van der Waals surface area contributed by atoms with Crippen molar-refractivity contribution in [2.24, 2.45) is 5.92 Å². The van der Waals surface area contributed by atoms with Gasteiger partial charge in [-0.3, -0.25) is 4.79 Å². The maximum absolute atomic E-state index is 12.2. The van der Waals surface area contributed by atoms with E-state index in [0.29, 0.717) is 24.9 Å². The van der Waals surface area contributed by atoms with Crippen LogP contribution in [0.1, 0.15) is 25.3 Å². The molecule has 0 aliphatic carbocycles. The molecule has 0 amide bonds. The molecule has 150 valence electrons. The molecule has 1 atom stereocenters. The van der Waals surface area contributed by atoms with Crippen LogP contribution in [-0.4, -0.2) is 40.8 Å². The molecule has 2 aromatic heterocycles. The van der Waals surface area contributed by atoms with E-state index in [1.165, 1.54) is 5.56 Å². The normalized spacial score (nSPS) is 16.6. The van der Waals surface area contributed by atoms with E-state index in [-0.39, 0.29) is 11.9 Å². The number of esters is 1. The third-order valence-corrected chi connectivity index (χ3v) is 5.08. The smallest absolute Gasteiger partial charge is 0.310 e. The lowest BCUT2D eigenvalue weighted by Crippen LogP contribution is -2.40. The van der Waals surface area contributed by atoms with Gasteiger partial charge in [0.15, 0.2) is 0 Å². The Morgan fingerprint density at radius 3 is 2.79 bits per heavy atom. The van der Waals surface area contributed by atoms with Crippen molar-refractivity contribution in [2.45, 2.75) is 26.7 Å². The summed E-state index contributed by atoms with van der Waals surface area (Å²) < 4.78 is 11.2. The quantitative estimate of drug-likeness (QED) is 0.609. The van der Waals surface area contributed by atoms with Crippen LogP contribution < -0.4 is 4.90 Å². The van der Waals surface area contributed by atoms with Gasteiger partial charge in [0.05, 0.1) is 18.1 Å². The Labute approximate surface area is 169 Å². The van der Waals surface area contributed by atoms with Crippen molar-refractivity contribution in [1.82, 2.24) is 15.2 Å². The number of piperidine rings is 1. The van der Waals surface area contributed by atoms with Gasteiger partial charge in [-0.1, -0.05) is 17.7 Å². The fourth-order valence-electron chi connectivity index (χ4n) is 3.58. The van der Waals surface area contributed by atoms with Crippen LogP contribution >= 0.6 is 0 Å². The fourth-order valence-corrected chi connectivity index (χ4v) is 3.58. The van der Waals surface area contributed by atoms with E-state index < -0.39 is 0 Å². The van der Waals surface area contributed by atoms with Gasteiger partial charge >= 0.3 is 5.97 Å². The first-order valence-electron chi connectivity index (χ1n) is 9.93. The Hall–Kier alpha value is -3.22. The van der Waals surface area contributed by atoms with Gasteiger partial charge < -0.3 is 14.1 Å². The average molecular weight is 392 g/mol. The lowest BCUT2D eigenvalue weighted by molar-refractivity contribution is -0.148. The van der Waals surface area contributed by atoms with Crippen LogP contribution in [0.25, 0.3) is 22.9 Å². The molecule has 1 unspecified atom stereocenters. The maximum atomic E-state index is 12.2. The van der Waals surface area contributed by atoms with E-state index in [9.17, 15) is 4.79 Å². The first-order chi connectivity index (χ1) is 14.2. The molecular weight excluding hydrogens is 368 g/mol. The molecular formula is C22H24N4O3. The van der Waals surface area contributed by atoms with Crippen LogP contribution in [0.4, 0.5) is 5.82 Å². The molecule has 1 aromatic carbocycles. The molecule has 7 nitrogen and oxygen atoms in total. The van der Waals surface area contributed by atoms with Gasteiger partial charge in [-0.2, -0.15) is 0 Å². The fraction of sp³-hybridized carbons (Fsp3) is 0.364. The van der Waals surface area contributed by atoms with Crippen LogP contribution in [0.3, 0.4) is 0 Å². The highest BCUT2D eigenvalue weighted by molar-refractivity contribution is 5.75. The second-order valence-corrected chi connectivity index (χ2v) is 7.19. The zero-order chi connectivity index (χ0) is 20.2. The van der Waals surface area contributed by atoms with E-state index in [4.69, 9.17) is 9.15 Å². The number of aryl methyl sites for hydroxylation is 1. The van der Waals surface area contributed by atoms with Crippen molar-refractivity contribution in [3.63, 3.8) is 0 Å². The minimum absolute atomic E-state index is 0.144. The van der Waals surface area contributed by atoms with E-state index >= 15 is 0 Å². The number of carbonyl (C=O) groups is 1. The molecule has 0 N–H and O–H groups in total. The van der Waals surface area contributed by atoms with Gasteiger partial charge in [-0.15, -0.1) is 10.2 Å². The van der Waals surface area contributed by atoms with Crippen LogP contribution in [0.2, 0.25) is 0 Å². The van der Waals surface area contributed by atoms with Crippen molar-refractivity contribution in [3.05, 3.63) is 48.2 Å². The van der Waals surface area contributed by atoms with Crippen molar-refractivity contribution in [2.75, 3.05) is 24.6 Å². The van der Waals surface area contributed by atoms with Crippen LogP contribution in [0.5, 0.6) is 0 Å². The Balaban J connectivity index is 1.60. The Morgan fingerprint density at radius 1 is 1.21 bits per heavy atom. The van der Waals surface area contributed by atoms with Crippen molar-refractivity contribution < 1.29 is 13.9 Å². The number of hydrogen-bond acceptors (Lipinski definition) is 7. The molecule has 3 aromatic rings. The Bertz CT molecular complexity index is 984. The maximum Gasteiger partial charge on any atom is 0.310 e. The molecule has 1 saturated heterocycles. The SMILES string of the molecule is CCOC(=O)C1CCCN(c2ncccc2-c2nnc(-c3ccc(C)cc3)o2)C1. The average Bonchev–Trinajstić information content (AvgIpc) is 3.25. The summed E-state index contributed by atoms with van der Waals surface area (Å²) in [6.07, 6.45) is 3.47. The number of anilines is 1. The molecule has 4 rings (SSSR count). The zero-order valence-corrected chi connectivity index (χ0v) is 16.7. The highest BCUT2D eigenvalue weighted by Crippen LogP contribution is 2.32. The molecule has 29 heavy (non-hydrogen) atoms. The number of carbonyl (C=O) groups excluding carboxylic acids is 1. The van der Waals surface area contributed by atoms with Gasteiger partial charge in [0.25, 0.3) is 5.89 Å². The minimum Gasteiger partial charge on any atom is -0.466 e. The van der Waals surface area contributed by atoms with Crippen molar-refractivity contribution in [3.8, 4) is 22.9 Å². The standard InChI is InChI=1S/C22H24N4O3/c1-3-28-22(27)17-6-5-13-26(14-17)19-18(7-4-12-23-19)21-25-24-20(29-21)16-10-8-15(2)9-11-16/h4,7-12,17H,3,5-6,13-14H2,1-2H3. The molecule has 0 saturated carbocycles. The van der Waals surface area contributed by atoms with Gasteiger partial charge in [-0.25, -0.2) is 4.98 Å². The van der Waals surface area contributed by atoms with Crippen molar-refractivity contribution in [1.29, 1.82) is 0 Å². The van der Waals surface area contributed by atoms with Crippen LogP contribution in [0.15, 0.2) is 47.0 Å². The number of benzene rings is 1. The van der Waals surface area contributed by atoms with Gasteiger partial charge in [0.1, 0.15) is 5.82 Å². The molecule has 0 radical (unpaired) electrons. The number of aromatic nitrogens is 3. The van der Waals surface area contributed by atoms with Crippen LogP contribution in [0, 0.1) is 12.8 Å². The summed E-state index contributed by atoms with van der Waals surface area (Å²) in [5.74, 6) is 1.35. The van der Waals surface area contributed by atoms with Gasteiger partial charge in [-0.05, 0) is 51.0 Å². The second-order valence-electron chi connectivity index (χ2n) is 7.19. The lowest BCUT2D eigenvalue weighted by Gasteiger charge is -2.33. The minimum atomic E-state index is -0.149. The molecule has 1 aliphatic heterocycles. The highest BCUT2D eigenvalue weighted by Gasteiger charge is 2.29. The Kier molecular flexibility index (Phi) is 5.55. The highest BCUT2D eigenvalue weighted by atomic mass is 16.5. The molecule has 7 heteroatoms. The molecule has 0 spiro atoms. The third kappa shape index (κ3) is 4.13. The third-order valence-electron chi connectivity index (χ3n) is 5.08.